The van der Waals surface area contributed by atoms with E-state index >= 15 is 0 Å². The number of hydrogen-bond acceptors (Lipinski definition) is 6. The maximum atomic E-state index is 14.0. The Morgan fingerprint density at radius 1 is 1.09 bits per heavy atom. The molecule has 1 fully saturated rings. The Morgan fingerprint density at radius 3 is 2.42 bits per heavy atom. The Labute approximate surface area is 190 Å². The lowest BCUT2D eigenvalue weighted by Gasteiger charge is -2.17. The summed E-state index contributed by atoms with van der Waals surface area (Å²) in [6.07, 6.45) is 5.24. The number of rotatable bonds is 7. The van der Waals surface area contributed by atoms with Crippen molar-refractivity contribution in [3.05, 3.63) is 83.7 Å². The average Bonchev–Trinajstić information content (AvgIpc) is 3.61. The molecule has 0 radical (unpaired) electrons. The van der Waals surface area contributed by atoms with Gasteiger partial charge in [-0.25, -0.2) is 14.4 Å². The van der Waals surface area contributed by atoms with E-state index < -0.39 is 17.3 Å². The molecule has 1 aromatic heterocycles. The quantitative estimate of drug-likeness (QED) is 0.511. The van der Waals surface area contributed by atoms with Crippen LogP contribution in [0, 0.1) is 17.1 Å². The molecule has 0 saturated heterocycles. The Balaban J connectivity index is 0.00000306. The maximum Gasteiger partial charge on any atom is 0.255 e. The Bertz CT molecular complexity index is 1190. The zero-order chi connectivity index (χ0) is 22.6. The number of nitriles is 1. The molecule has 4 rings (SSSR count). The van der Waals surface area contributed by atoms with Crippen molar-refractivity contribution in [2.24, 2.45) is 0 Å². The highest BCUT2D eigenvalue weighted by molar-refractivity contribution is 6.00. The third-order valence-corrected chi connectivity index (χ3v) is 5.17. The van der Waals surface area contributed by atoms with Crippen molar-refractivity contribution in [1.82, 2.24) is 20.6 Å². The molecule has 2 aromatic carbocycles. The van der Waals surface area contributed by atoms with Gasteiger partial charge in [-0.3, -0.25) is 9.59 Å². The minimum Gasteiger partial charge on any atom is -0.352 e. The Kier molecular flexibility index (Phi) is 6.98. The number of carbonyl (C=O) groups excluding carboxylic acids is 2. The molecule has 168 valence electrons. The van der Waals surface area contributed by atoms with E-state index in [-0.39, 0.29) is 31.1 Å². The first-order valence-electron chi connectivity index (χ1n) is 9.91. The molecule has 1 saturated carbocycles. The lowest BCUT2D eigenvalue weighted by atomic mass is 10.1. The van der Waals surface area contributed by atoms with Gasteiger partial charge < -0.3 is 16.0 Å². The third-order valence-electron chi connectivity index (χ3n) is 5.17. The summed E-state index contributed by atoms with van der Waals surface area (Å²) in [6.45, 7) is 0.272. The van der Waals surface area contributed by atoms with Crippen LogP contribution in [0.25, 0.3) is 0 Å². The number of para-hydroxylation sites is 1. The molecule has 8 nitrogen and oxygen atoms in total. The van der Waals surface area contributed by atoms with Crippen LogP contribution in [0.1, 0.15) is 41.8 Å². The molecule has 1 aliphatic carbocycles. The van der Waals surface area contributed by atoms with Gasteiger partial charge in [-0.05, 0) is 42.7 Å². The first-order valence-corrected chi connectivity index (χ1v) is 9.91. The van der Waals surface area contributed by atoms with Crippen LogP contribution < -0.4 is 16.0 Å². The van der Waals surface area contributed by atoms with Crippen molar-refractivity contribution in [2.75, 3.05) is 5.32 Å². The van der Waals surface area contributed by atoms with Crippen LogP contribution in [0.2, 0.25) is 0 Å². The fourth-order valence-corrected chi connectivity index (χ4v) is 3.19. The molecule has 1 aliphatic rings. The van der Waals surface area contributed by atoms with E-state index in [1.54, 1.807) is 24.3 Å². The average molecular weight is 446 g/mol. The standard InChI is InChI=1S/C23H19FN6O2.CH4/c24-19-3-1-2-16(10-25)20(19)29-18-6-4-15(5-7-18)11-28-22(32)23(8-9-23)30-21(31)17-12-26-14-27-13-17;/h1-7,12-14,29H,8-9,11H2,(H,28,32)(H,30,31);1H4. The molecule has 3 aromatic rings. The highest BCUT2D eigenvalue weighted by Gasteiger charge is 2.51. The molecule has 0 spiro atoms. The number of carbonyl (C=O) groups is 2. The van der Waals surface area contributed by atoms with Crippen molar-refractivity contribution in [2.45, 2.75) is 32.4 Å². The number of nitrogens with zero attached hydrogens (tertiary/aromatic N) is 3. The summed E-state index contributed by atoms with van der Waals surface area (Å²) < 4.78 is 14.0. The van der Waals surface area contributed by atoms with Crippen LogP contribution in [0.4, 0.5) is 15.8 Å². The molecule has 3 N–H and O–H groups in total. The van der Waals surface area contributed by atoms with Crippen molar-refractivity contribution in [1.29, 1.82) is 5.26 Å². The minimum absolute atomic E-state index is 0. The van der Waals surface area contributed by atoms with Gasteiger partial charge in [0.05, 0.1) is 16.8 Å². The number of hydrogen-bond donors (Lipinski definition) is 3. The van der Waals surface area contributed by atoms with Crippen LogP contribution in [0.3, 0.4) is 0 Å². The summed E-state index contributed by atoms with van der Waals surface area (Å²) in [5.41, 5.74) is 1.15. The van der Waals surface area contributed by atoms with Crippen molar-refractivity contribution >= 4 is 23.2 Å². The van der Waals surface area contributed by atoms with E-state index in [0.29, 0.717) is 24.1 Å². The first-order chi connectivity index (χ1) is 15.5. The highest BCUT2D eigenvalue weighted by atomic mass is 19.1. The molecule has 9 heteroatoms. The summed E-state index contributed by atoms with van der Waals surface area (Å²) in [5.74, 6) is -1.16. The van der Waals surface area contributed by atoms with Gasteiger partial charge in [-0.2, -0.15) is 5.26 Å². The largest absolute Gasteiger partial charge is 0.352 e. The van der Waals surface area contributed by atoms with E-state index in [9.17, 15) is 14.0 Å². The van der Waals surface area contributed by atoms with Gasteiger partial charge in [0.25, 0.3) is 5.91 Å². The third kappa shape index (κ3) is 5.30. The lowest BCUT2D eigenvalue weighted by Crippen LogP contribution is -2.48. The van der Waals surface area contributed by atoms with Crippen molar-refractivity contribution in [3.8, 4) is 6.07 Å². The van der Waals surface area contributed by atoms with E-state index in [2.05, 4.69) is 25.9 Å². The molecule has 0 unspecified atom stereocenters. The summed E-state index contributed by atoms with van der Waals surface area (Å²) in [4.78, 5) is 32.6. The SMILES string of the molecule is C.N#Cc1cccc(F)c1Nc1ccc(CNC(=O)C2(NC(=O)c3cncnc3)CC2)cc1. The smallest absolute Gasteiger partial charge is 0.255 e. The van der Waals surface area contributed by atoms with Gasteiger partial charge in [0, 0.05) is 24.6 Å². The fourth-order valence-electron chi connectivity index (χ4n) is 3.19. The van der Waals surface area contributed by atoms with Gasteiger partial charge in [-0.15, -0.1) is 0 Å². The molecule has 0 bridgehead atoms. The predicted molar refractivity (Wildman–Crippen MR) is 121 cm³/mol. The fraction of sp³-hybridized carbons (Fsp3) is 0.208. The molecule has 33 heavy (non-hydrogen) atoms. The summed E-state index contributed by atoms with van der Waals surface area (Å²) in [5, 5.41) is 17.7. The maximum absolute atomic E-state index is 14.0. The van der Waals surface area contributed by atoms with E-state index in [0.717, 1.165) is 5.56 Å². The second kappa shape index (κ2) is 9.87. The second-order valence-electron chi connectivity index (χ2n) is 7.44. The van der Waals surface area contributed by atoms with E-state index in [4.69, 9.17) is 5.26 Å². The first kappa shape index (κ1) is 23.3. The molecule has 1 heterocycles. The number of halogens is 1. The van der Waals surface area contributed by atoms with Crippen LogP contribution in [0.5, 0.6) is 0 Å². The van der Waals surface area contributed by atoms with Crippen LogP contribution in [0.15, 0.2) is 61.2 Å². The monoisotopic (exact) mass is 446 g/mol. The zero-order valence-corrected chi connectivity index (χ0v) is 16.9. The minimum atomic E-state index is -0.910. The van der Waals surface area contributed by atoms with Crippen molar-refractivity contribution in [3.63, 3.8) is 0 Å². The normalized spacial score (nSPS) is 13.1. The molecule has 0 atom stereocenters. The van der Waals surface area contributed by atoms with Gasteiger partial charge in [0.2, 0.25) is 5.91 Å². The molecular formula is C24H23FN6O2. The topological polar surface area (TPSA) is 120 Å². The summed E-state index contributed by atoms with van der Waals surface area (Å²) in [7, 11) is 0. The second-order valence-corrected chi connectivity index (χ2v) is 7.44. The van der Waals surface area contributed by atoms with Crippen LogP contribution in [-0.2, 0) is 11.3 Å². The highest BCUT2D eigenvalue weighted by Crippen LogP contribution is 2.36. The van der Waals surface area contributed by atoms with Gasteiger partial charge in [0.15, 0.2) is 0 Å². The van der Waals surface area contributed by atoms with E-state index in [1.807, 2.05) is 6.07 Å². The number of aromatic nitrogens is 2. The molecule has 0 aliphatic heterocycles. The zero-order valence-electron chi connectivity index (χ0n) is 16.9. The van der Waals surface area contributed by atoms with Gasteiger partial charge in [0.1, 0.15) is 23.8 Å². The lowest BCUT2D eigenvalue weighted by molar-refractivity contribution is -0.124. The van der Waals surface area contributed by atoms with E-state index in [1.165, 1.54) is 36.9 Å². The summed E-state index contributed by atoms with van der Waals surface area (Å²) in [6, 6.07) is 13.3. The molecular weight excluding hydrogens is 423 g/mol. The molecule has 2 amide bonds. The Hall–Kier alpha value is -4.32. The predicted octanol–water partition coefficient (Wildman–Crippen LogP) is 3.45. The number of nitrogens with one attached hydrogen (secondary N) is 3. The Morgan fingerprint density at radius 2 is 1.79 bits per heavy atom. The van der Waals surface area contributed by atoms with Crippen LogP contribution >= 0.6 is 0 Å². The van der Waals surface area contributed by atoms with Crippen LogP contribution in [-0.4, -0.2) is 27.3 Å². The van der Waals surface area contributed by atoms with Gasteiger partial charge >= 0.3 is 0 Å². The number of anilines is 2. The van der Waals surface area contributed by atoms with Crippen molar-refractivity contribution < 1.29 is 14.0 Å². The van der Waals surface area contributed by atoms with Gasteiger partial charge in [-0.1, -0.05) is 25.6 Å². The summed E-state index contributed by atoms with van der Waals surface area (Å²) >= 11 is 0. The number of benzene rings is 2. The number of amides is 2.